The van der Waals surface area contributed by atoms with E-state index in [1.165, 1.54) is 0 Å². The number of carbonyl (C=O) groups excluding carboxylic acids is 1. The van der Waals surface area contributed by atoms with Gasteiger partial charge < -0.3 is 10.2 Å². The van der Waals surface area contributed by atoms with Crippen LogP contribution >= 0.6 is 11.6 Å². The highest BCUT2D eigenvalue weighted by molar-refractivity contribution is 6.31. The monoisotopic (exact) mass is 455 g/mol. The van der Waals surface area contributed by atoms with Crippen LogP contribution in [0.1, 0.15) is 16.7 Å². The van der Waals surface area contributed by atoms with E-state index in [4.69, 9.17) is 11.6 Å². The number of aromatic nitrogens is 4. The number of nitrogens with one attached hydrogen (secondary N) is 2. The number of amides is 1. The maximum atomic E-state index is 13.1. The average molecular weight is 456 g/mol. The molecule has 3 heterocycles. The van der Waals surface area contributed by atoms with Crippen LogP contribution in [0.15, 0.2) is 60.9 Å². The van der Waals surface area contributed by atoms with Gasteiger partial charge in [-0.15, -0.1) is 0 Å². The third-order valence-corrected chi connectivity index (χ3v) is 5.85. The highest BCUT2D eigenvalue weighted by atomic mass is 35.5. The summed E-state index contributed by atoms with van der Waals surface area (Å²) in [5.41, 5.74) is 4.29. The van der Waals surface area contributed by atoms with E-state index < -0.39 is 0 Å². The topological polar surface area (TPSA) is 111 Å². The molecule has 1 aliphatic rings. The predicted molar refractivity (Wildman–Crippen MR) is 125 cm³/mol. The number of hydrogen-bond acceptors (Lipinski definition) is 6. The number of carbonyl (C=O) groups is 1. The van der Waals surface area contributed by atoms with Gasteiger partial charge in [0.1, 0.15) is 11.9 Å². The van der Waals surface area contributed by atoms with Crippen molar-refractivity contribution < 1.29 is 4.79 Å². The largest absolute Gasteiger partial charge is 0.310 e. The molecule has 0 unspecified atom stereocenters. The minimum Gasteiger partial charge on any atom is -0.310 e. The number of nitriles is 1. The zero-order chi connectivity index (χ0) is 22.8. The molecule has 0 aliphatic carbocycles. The molecule has 2 aromatic heterocycles. The van der Waals surface area contributed by atoms with Gasteiger partial charge in [-0.25, -0.2) is 9.97 Å². The van der Waals surface area contributed by atoms with Crippen molar-refractivity contribution in [1.29, 1.82) is 5.26 Å². The van der Waals surface area contributed by atoms with Gasteiger partial charge in [0.2, 0.25) is 11.9 Å². The second kappa shape index (κ2) is 8.73. The van der Waals surface area contributed by atoms with Gasteiger partial charge in [0, 0.05) is 29.4 Å². The summed E-state index contributed by atoms with van der Waals surface area (Å²) in [6.07, 6.45) is 4.13. The molecule has 9 heteroatoms. The molecule has 162 valence electrons. The molecule has 0 radical (unpaired) electrons. The third kappa shape index (κ3) is 4.14. The van der Waals surface area contributed by atoms with E-state index >= 15 is 0 Å². The summed E-state index contributed by atoms with van der Waals surface area (Å²) < 4.78 is 0. The van der Waals surface area contributed by atoms with E-state index in [0.717, 1.165) is 16.7 Å². The Morgan fingerprint density at radius 2 is 2.09 bits per heavy atom. The first-order valence-corrected chi connectivity index (χ1v) is 10.7. The summed E-state index contributed by atoms with van der Waals surface area (Å²) >= 11 is 6.23. The fraction of sp³-hybridized carbons (Fsp3) is 0.125. The Hall–Kier alpha value is -4.22. The predicted octanol–water partition coefficient (Wildman–Crippen LogP) is 4.27. The van der Waals surface area contributed by atoms with E-state index in [0.29, 0.717) is 46.7 Å². The number of fused-ring (bicyclic) bond motifs is 1. The van der Waals surface area contributed by atoms with Crippen molar-refractivity contribution in [1.82, 2.24) is 20.2 Å². The van der Waals surface area contributed by atoms with Crippen LogP contribution in [0, 0.1) is 11.3 Å². The lowest BCUT2D eigenvalue weighted by molar-refractivity contribution is -0.117. The van der Waals surface area contributed by atoms with Gasteiger partial charge in [-0.1, -0.05) is 29.8 Å². The van der Waals surface area contributed by atoms with Gasteiger partial charge in [0.15, 0.2) is 0 Å². The van der Waals surface area contributed by atoms with Crippen LogP contribution in [-0.4, -0.2) is 32.6 Å². The van der Waals surface area contributed by atoms with Crippen LogP contribution in [0.25, 0.3) is 11.3 Å². The Kier molecular flexibility index (Phi) is 5.47. The molecule has 0 bridgehead atoms. The van der Waals surface area contributed by atoms with E-state index in [1.807, 2.05) is 24.3 Å². The zero-order valence-corrected chi connectivity index (χ0v) is 18.2. The van der Waals surface area contributed by atoms with E-state index in [-0.39, 0.29) is 12.3 Å². The Morgan fingerprint density at radius 3 is 2.88 bits per heavy atom. The molecule has 2 aromatic carbocycles. The van der Waals surface area contributed by atoms with E-state index in [9.17, 15) is 10.1 Å². The number of halogens is 1. The normalized spacial score (nSPS) is 12.3. The van der Waals surface area contributed by atoms with Crippen LogP contribution in [0.2, 0.25) is 5.02 Å². The summed E-state index contributed by atoms with van der Waals surface area (Å²) in [7, 11) is 0. The molecule has 2 N–H and O–H groups in total. The lowest BCUT2D eigenvalue weighted by Gasteiger charge is -2.19. The van der Waals surface area contributed by atoms with Crippen molar-refractivity contribution in [3.63, 3.8) is 0 Å². The summed E-state index contributed by atoms with van der Waals surface area (Å²) in [6.45, 7) is 0.521. The molecular formula is C24H18ClN7O. The van der Waals surface area contributed by atoms with Crippen LogP contribution in [0.3, 0.4) is 0 Å². The smallest absolute Gasteiger partial charge is 0.231 e. The zero-order valence-electron chi connectivity index (χ0n) is 17.4. The minimum atomic E-state index is -0.0841. The van der Waals surface area contributed by atoms with Gasteiger partial charge in [0.05, 0.1) is 29.6 Å². The molecule has 33 heavy (non-hydrogen) atoms. The SMILES string of the molecule is N#Cc1cc(-c2ccnc(Nc3ccn[nH]3)n2)cc2c1N(C(=O)Cc1ccccc1Cl)CC2. The number of hydrogen-bond donors (Lipinski definition) is 2. The number of aromatic amines is 1. The summed E-state index contributed by atoms with van der Waals surface area (Å²) in [4.78, 5) is 23.6. The third-order valence-electron chi connectivity index (χ3n) is 5.48. The molecule has 0 saturated heterocycles. The fourth-order valence-electron chi connectivity index (χ4n) is 3.96. The van der Waals surface area contributed by atoms with Gasteiger partial charge in [-0.05, 0) is 41.8 Å². The Morgan fingerprint density at radius 1 is 1.21 bits per heavy atom. The number of benzene rings is 2. The van der Waals surface area contributed by atoms with Crippen molar-refractivity contribution in [3.8, 4) is 17.3 Å². The first kappa shape index (κ1) is 20.7. The molecule has 1 amide bonds. The van der Waals surface area contributed by atoms with Gasteiger partial charge in [-0.2, -0.15) is 10.4 Å². The molecular weight excluding hydrogens is 438 g/mol. The molecule has 0 fully saturated rings. The molecule has 4 aromatic rings. The van der Waals surface area contributed by atoms with Gasteiger partial charge in [0.25, 0.3) is 0 Å². The first-order chi connectivity index (χ1) is 16.1. The maximum Gasteiger partial charge on any atom is 0.231 e. The van der Waals surface area contributed by atoms with Crippen LogP contribution < -0.4 is 10.2 Å². The number of H-pyrrole nitrogens is 1. The quantitative estimate of drug-likeness (QED) is 0.465. The summed E-state index contributed by atoms with van der Waals surface area (Å²) in [5, 5.41) is 20.2. The van der Waals surface area contributed by atoms with Crippen molar-refractivity contribution in [2.75, 3.05) is 16.8 Å². The van der Waals surface area contributed by atoms with Crippen molar-refractivity contribution in [2.45, 2.75) is 12.8 Å². The Balaban J connectivity index is 1.44. The summed E-state index contributed by atoms with van der Waals surface area (Å²) in [5.74, 6) is 0.998. The number of anilines is 3. The van der Waals surface area contributed by atoms with Crippen LogP contribution in [0.4, 0.5) is 17.5 Å². The van der Waals surface area contributed by atoms with Gasteiger partial charge in [-0.3, -0.25) is 9.89 Å². The molecule has 8 nitrogen and oxygen atoms in total. The average Bonchev–Trinajstić information content (AvgIpc) is 3.50. The highest BCUT2D eigenvalue weighted by Gasteiger charge is 2.29. The second-order valence-electron chi connectivity index (χ2n) is 7.57. The van der Waals surface area contributed by atoms with Crippen molar-refractivity contribution in [3.05, 3.63) is 82.6 Å². The van der Waals surface area contributed by atoms with Crippen molar-refractivity contribution in [2.24, 2.45) is 0 Å². The van der Waals surface area contributed by atoms with E-state index in [1.54, 1.807) is 41.6 Å². The molecule has 0 saturated carbocycles. The lowest BCUT2D eigenvalue weighted by atomic mass is 10.0. The maximum absolute atomic E-state index is 13.1. The lowest BCUT2D eigenvalue weighted by Crippen LogP contribution is -2.31. The Labute approximate surface area is 194 Å². The molecule has 1 aliphatic heterocycles. The first-order valence-electron chi connectivity index (χ1n) is 10.3. The van der Waals surface area contributed by atoms with Gasteiger partial charge >= 0.3 is 0 Å². The highest BCUT2D eigenvalue weighted by Crippen LogP contribution is 2.36. The number of rotatable bonds is 5. The van der Waals surface area contributed by atoms with E-state index in [2.05, 4.69) is 31.6 Å². The van der Waals surface area contributed by atoms with Crippen LogP contribution in [0.5, 0.6) is 0 Å². The summed E-state index contributed by atoms with van der Waals surface area (Å²) in [6, 6.07) is 16.9. The number of nitrogens with zero attached hydrogens (tertiary/aromatic N) is 5. The molecule has 0 atom stereocenters. The Bertz CT molecular complexity index is 1380. The standard InChI is InChI=1S/C24H18ClN7O/c25-19-4-2-1-3-15(19)13-22(33)32-10-7-16-11-17(12-18(14-26)23(16)32)20-5-8-27-24(29-20)30-21-6-9-28-31-21/h1-6,8-9,11-12H,7,10,13H2,(H2,27,28,29,30,31). The molecule has 5 rings (SSSR count). The second-order valence-corrected chi connectivity index (χ2v) is 7.97. The minimum absolute atomic E-state index is 0.0841. The van der Waals surface area contributed by atoms with Crippen LogP contribution in [-0.2, 0) is 17.6 Å². The fourth-order valence-corrected chi connectivity index (χ4v) is 4.16. The van der Waals surface area contributed by atoms with Crippen molar-refractivity contribution >= 4 is 35.0 Å². The molecule has 0 spiro atoms.